The molecule has 0 amide bonds. The van der Waals surface area contributed by atoms with Crippen molar-refractivity contribution >= 4 is 9.84 Å². The van der Waals surface area contributed by atoms with E-state index >= 15 is 0 Å². The highest BCUT2D eigenvalue weighted by atomic mass is 32.2. The van der Waals surface area contributed by atoms with Crippen molar-refractivity contribution < 1.29 is 22.3 Å². The van der Waals surface area contributed by atoms with Crippen molar-refractivity contribution in [3.8, 4) is 17.5 Å². The van der Waals surface area contributed by atoms with Crippen molar-refractivity contribution in [2.45, 2.75) is 63.4 Å². The van der Waals surface area contributed by atoms with Crippen LogP contribution in [0.3, 0.4) is 0 Å². The van der Waals surface area contributed by atoms with Crippen molar-refractivity contribution in [1.82, 2.24) is 14.9 Å². The summed E-state index contributed by atoms with van der Waals surface area (Å²) in [5, 5.41) is 0. The molecule has 0 N–H and O–H groups in total. The molecule has 2 aromatic rings. The molecule has 9 heteroatoms. The summed E-state index contributed by atoms with van der Waals surface area (Å²) in [6, 6.07) is 3.52. The third-order valence-corrected chi connectivity index (χ3v) is 6.78. The van der Waals surface area contributed by atoms with Gasteiger partial charge < -0.3 is 14.4 Å². The van der Waals surface area contributed by atoms with Crippen molar-refractivity contribution in [3.05, 3.63) is 35.9 Å². The molecule has 32 heavy (non-hydrogen) atoms. The number of nitrogens with zero attached hydrogens (tertiary/aromatic N) is 3. The molecule has 1 aromatic heterocycles. The first-order chi connectivity index (χ1) is 15.3. The highest BCUT2D eigenvalue weighted by Gasteiger charge is 2.22. The molecule has 7 nitrogen and oxygen atoms in total. The maximum Gasteiger partial charge on any atom is 0.229 e. The Kier molecular flexibility index (Phi) is 8.42. The van der Waals surface area contributed by atoms with Gasteiger partial charge in [-0.2, -0.15) is 0 Å². The van der Waals surface area contributed by atoms with E-state index in [0.29, 0.717) is 11.4 Å². The maximum atomic E-state index is 14.4. The fraction of sp³-hybridized carbons (Fsp3) is 0.565. The van der Waals surface area contributed by atoms with E-state index in [4.69, 9.17) is 9.47 Å². The number of unbranched alkanes of at least 4 members (excludes halogenated alkanes) is 3. The van der Waals surface area contributed by atoms with Gasteiger partial charge in [0.1, 0.15) is 12.4 Å². The topological polar surface area (TPSA) is 81.6 Å². The van der Waals surface area contributed by atoms with Crippen LogP contribution >= 0.6 is 0 Å². The summed E-state index contributed by atoms with van der Waals surface area (Å²) in [6.45, 7) is 7.13. The molecule has 0 bridgehead atoms. The first-order valence-electron chi connectivity index (χ1n) is 11.2. The first-order valence-corrected chi connectivity index (χ1v) is 13.0. The summed E-state index contributed by atoms with van der Waals surface area (Å²) in [6.07, 6.45) is 9.33. The number of piperidine rings is 1. The number of ether oxygens (including phenoxy) is 2. The Hall–Kier alpha value is -2.26. The smallest absolute Gasteiger partial charge is 0.229 e. The Labute approximate surface area is 189 Å². The molecule has 2 heterocycles. The minimum Gasteiger partial charge on any atom is -0.474 e. The van der Waals surface area contributed by atoms with E-state index in [1.807, 2.05) is 0 Å². The van der Waals surface area contributed by atoms with Crippen molar-refractivity contribution in [1.29, 1.82) is 0 Å². The van der Waals surface area contributed by atoms with E-state index in [1.165, 1.54) is 44.1 Å². The zero-order chi connectivity index (χ0) is 23.1. The Bertz CT molecular complexity index is 1010. The van der Waals surface area contributed by atoms with Gasteiger partial charge in [-0.15, -0.1) is 0 Å². The highest BCUT2D eigenvalue weighted by molar-refractivity contribution is 7.90. The molecule has 1 saturated heterocycles. The van der Waals surface area contributed by atoms with Crippen LogP contribution in [0.1, 0.15) is 51.0 Å². The Morgan fingerprint density at radius 3 is 2.50 bits per heavy atom. The van der Waals surface area contributed by atoms with Gasteiger partial charge in [0.05, 0.1) is 10.5 Å². The summed E-state index contributed by atoms with van der Waals surface area (Å²) in [7, 11) is -3.50. The van der Waals surface area contributed by atoms with Crippen LogP contribution in [-0.4, -0.2) is 55.3 Å². The largest absolute Gasteiger partial charge is 0.474 e. The van der Waals surface area contributed by atoms with Crippen LogP contribution in [0.25, 0.3) is 0 Å². The second kappa shape index (κ2) is 11.0. The molecule has 1 aliphatic rings. The average molecular weight is 466 g/mol. The second-order valence-electron chi connectivity index (χ2n) is 8.29. The summed E-state index contributed by atoms with van der Waals surface area (Å²) in [5.41, 5.74) is 0.570. The van der Waals surface area contributed by atoms with E-state index in [0.717, 1.165) is 44.8 Å². The lowest BCUT2D eigenvalue weighted by Crippen LogP contribution is -2.38. The average Bonchev–Trinajstić information content (AvgIpc) is 2.75. The van der Waals surface area contributed by atoms with Gasteiger partial charge in [0.2, 0.25) is 11.8 Å². The minimum atomic E-state index is -3.50. The summed E-state index contributed by atoms with van der Waals surface area (Å²) < 4.78 is 49.3. The van der Waals surface area contributed by atoms with Gasteiger partial charge in [0.15, 0.2) is 21.4 Å². The zero-order valence-corrected chi connectivity index (χ0v) is 19.8. The number of aromatic nitrogens is 2. The molecular weight excluding hydrogens is 433 g/mol. The molecule has 3 rings (SSSR count). The fourth-order valence-corrected chi connectivity index (χ4v) is 4.34. The van der Waals surface area contributed by atoms with E-state index in [1.54, 1.807) is 6.92 Å². The molecule has 1 fully saturated rings. The molecule has 0 aliphatic carbocycles. The van der Waals surface area contributed by atoms with Crippen LogP contribution in [0.4, 0.5) is 4.39 Å². The van der Waals surface area contributed by atoms with E-state index < -0.39 is 15.7 Å². The number of rotatable bonds is 10. The van der Waals surface area contributed by atoms with Crippen LogP contribution < -0.4 is 9.47 Å². The molecule has 0 unspecified atom stereocenters. The van der Waals surface area contributed by atoms with Gasteiger partial charge in [0.25, 0.3) is 0 Å². The third-order valence-electron chi connectivity index (χ3n) is 5.67. The van der Waals surface area contributed by atoms with E-state index in [-0.39, 0.29) is 22.6 Å². The molecule has 0 atom stereocenters. The minimum absolute atomic E-state index is 0.0640. The molecule has 1 aliphatic heterocycles. The fourth-order valence-electron chi connectivity index (χ4n) is 3.71. The SMILES string of the molecule is CCCCCCN1CCC(Oc2ncnc(Oc3ccc(S(C)(=O)=O)cc3F)c2C)CC1. The molecule has 1 aromatic carbocycles. The lowest BCUT2D eigenvalue weighted by Gasteiger charge is -2.32. The number of sulfone groups is 1. The Morgan fingerprint density at radius 1 is 1.12 bits per heavy atom. The molecule has 0 spiro atoms. The lowest BCUT2D eigenvalue weighted by atomic mass is 10.1. The first kappa shape index (κ1) is 24.4. The van der Waals surface area contributed by atoms with E-state index in [9.17, 15) is 12.8 Å². The van der Waals surface area contributed by atoms with Crippen LogP contribution in [0.2, 0.25) is 0 Å². The summed E-state index contributed by atoms with van der Waals surface area (Å²) in [4.78, 5) is 10.7. The van der Waals surface area contributed by atoms with Gasteiger partial charge in [-0.05, 0) is 50.9 Å². The van der Waals surface area contributed by atoms with Crippen LogP contribution in [0.5, 0.6) is 17.5 Å². The zero-order valence-electron chi connectivity index (χ0n) is 19.0. The predicted molar refractivity (Wildman–Crippen MR) is 121 cm³/mol. The number of benzene rings is 1. The van der Waals surface area contributed by atoms with Gasteiger partial charge >= 0.3 is 0 Å². The number of likely N-dealkylation sites (tertiary alicyclic amines) is 1. The number of hydrogen-bond donors (Lipinski definition) is 0. The normalized spacial score (nSPS) is 15.6. The van der Waals surface area contributed by atoms with E-state index in [2.05, 4.69) is 21.8 Å². The number of halogens is 1. The quantitative estimate of drug-likeness (QED) is 0.476. The molecule has 0 radical (unpaired) electrons. The van der Waals surface area contributed by atoms with Gasteiger partial charge in [0, 0.05) is 19.3 Å². The molecule has 0 saturated carbocycles. The second-order valence-corrected chi connectivity index (χ2v) is 10.3. The van der Waals surface area contributed by atoms with Crippen LogP contribution in [0, 0.1) is 12.7 Å². The monoisotopic (exact) mass is 465 g/mol. The summed E-state index contributed by atoms with van der Waals surface area (Å²) in [5.74, 6) is -0.292. The Balaban J connectivity index is 1.59. The lowest BCUT2D eigenvalue weighted by molar-refractivity contribution is 0.0948. The van der Waals surface area contributed by atoms with Gasteiger partial charge in [-0.3, -0.25) is 0 Å². The number of hydrogen-bond acceptors (Lipinski definition) is 7. The van der Waals surface area contributed by atoms with Crippen molar-refractivity contribution in [2.24, 2.45) is 0 Å². The Morgan fingerprint density at radius 2 is 1.84 bits per heavy atom. The summed E-state index contributed by atoms with van der Waals surface area (Å²) >= 11 is 0. The van der Waals surface area contributed by atoms with Gasteiger partial charge in [-0.1, -0.05) is 26.2 Å². The third kappa shape index (κ3) is 6.62. The van der Waals surface area contributed by atoms with Crippen LogP contribution in [-0.2, 0) is 9.84 Å². The van der Waals surface area contributed by atoms with Gasteiger partial charge in [-0.25, -0.2) is 22.8 Å². The standard InChI is InChI=1S/C23H32FN3O4S/c1-4-5-6-7-12-27-13-10-18(11-14-27)30-22-17(2)23(26-16-25-22)31-21-9-8-19(15-20(21)24)32(3,28)29/h8-9,15-16,18H,4-7,10-14H2,1-3H3. The maximum absolute atomic E-state index is 14.4. The van der Waals surface area contributed by atoms with Crippen LogP contribution in [0.15, 0.2) is 29.4 Å². The molecular formula is C23H32FN3O4S. The predicted octanol–water partition coefficient (Wildman–Crippen LogP) is 4.54. The molecule has 176 valence electrons. The van der Waals surface area contributed by atoms with Crippen molar-refractivity contribution in [2.75, 3.05) is 25.9 Å². The highest BCUT2D eigenvalue weighted by Crippen LogP contribution is 2.31. The van der Waals surface area contributed by atoms with Crippen molar-refractivity contribution in [3.63, 3.8) is 0 Å².